The lowest BCUT2D eigenvalue weighted by Gasteiger charge is -2.34. The first-order valence-electron chi connectivity index (χ1n) is 6.65. The molecule has 0 saturated carbocycles. The van der Waals surface area contributed by atoms with Crippen LogP contribution in [0.3, 0.4) is 0 Å². The molecule has 0 spiro atoms. The molecule has 1 unspecified atom stereocenters. The maximum absolute atomic E-state index is 12.6. The van der Waals surface area contributed by atoms with Crippen molar-refractivity contribution in [2.24, 2.45) is 0 Å². The van der Waals surface area contributed by atoms with Crippen molar-refractivity contribution in [3.63, 3.8) is 0 Å². The third-order valence-electron chi connectivity index (χ3n) is 3.51. The van der Waals surface area contributed by atoms with Crippen LogP contribution in [0.5, 0.6) is 0 Å². The Morgan fingerprint density at radius 1 is 1.45 bits per heavy atom. The summed E-state index contributed by atoms with van der Waals surface area (Å²) >= 11 is 0. The second-order valence-electron chi connectivity index (χ2n) is 4.89. The number of piperidine rings is 1. The van der Waals surface area contributed by atoms with Crippen molar-refractivity contribution in [3.05, 3.63) is 24.5 Å². The van der Waals surface area contributed by atoms with E-state index < -0.39 is 16.0 Å². The lowest BCUT2D eigenvalue weighted by atomic mass is 10.0. The number of sulfonamides is 1. The lowest BCUT2D eigenvalue weighted by molar-refractivity contribution is -0.137. The Balaban J connectivity index is 2.21. The molecule has 2 heterocycles. The molecule has 0 aliphatic carbocycles. The van der Waals surface area contributed by atoms with Crippen LogP contribution in [-0.2, 0) is 14.8 Å². The van der Waals surface area contributed by atoms with Crippen molar-refractivity contribution >= 4 is 16.0 Å². The standard InChI is InChI=1S/C13H18N2O4S/c16-13(17)7-6-11-4-1-2-9-15(11)20(18,19)12-5-3-8-14-10-12/h3,5,8,10-11H,1-2,4,6-7,9H2,(H,16,17). The molecule has 1 aliphatic heterocycles. The van der Waals surface area contributed by atoms with Crippen LogP contribution < -0.4 is 0 Å². The zero-order chi connectivity index (χ0) is 14.6. The van der Waals surface area contributed by atoms with E-state index in [9.17, 15) is 13.2 Å². The summed E-state index contributed by atoms with van der Waals surface area (Å²) < 4.78 is 26.6. The third-order valence-corrected chi connectivity index (χ3v) is 5.44. The summed E-state index contributed by atoms with van der Waals surface area (Å²) in [4.78, 5) is 14.7. The van der Waals surface area contributed by atoms with Gasteiger partial charge in [-0.15, -0.1) is 0 Å². The first-order valence-corrected chi connectivity index (χ1v) is 8.09. The highest BCUT2D eigenvalue weighted by Gasteiger charge is 2.33. The molecule has 1 fully saturated rings. The number of pyridine rings is 1. The van der Waals surface area contributed by atoms with Crippen molar-refractivity contribution in [2.45, 2.75) is 43.0 Å². The van der Waals surface area contributed by atoms with Crippen molar-refractivity contribution in [2.75, 3.05) is 6.54 Å². The fraction of sp³-hybridized carbons (Fsp3) is 0.538. The summed E-state index contributed by atoms with van der Waals surface area (Å²) in [5.41, 5.74) is 0. The molecule has 6 nitrogen and oxygen atoms in total. The van der Waals surface area contributed by atoms with Gasteiger partial charge in [0.05, 0.1) is 0 Å². The number of hydrogen-bond acceptors (Lipinski definition) is 4. The average molecular weight is 298 g/mol. The smallest absolute Gasteiger partial charge is 0.303 e. The van der Waals surface area contributed by atoms with Crippen LogP contribution in [0.25, 0.3) is 0 Å². The highest BCUT2D eigenvalue weighted by Crippen LogP contribution is 2.27. The molecule has 110 valence electrons. The van der Waals surface area contributed by atoms with E-state index >= 15 is 0 Å². The SMILES string of the molecule is O=C(O)CCC1CCCCN1S(=O)(=O)c1cccnc1. The summed E-state index contributed by atoms with van der Waals surface area (Å²) in [5.74, 6) is -0.894. The Morgan fingerprint density at radius 3 is 2.90 bits per heavy atom. The number of aromatic nitrogens is 1. The fourth-order valence-corrected chi connectivity index (χ4v) is 4.19. The van der Waals surface area contributed by atoms with Gasteiger partial charge < -0.3 is 5.11 Å². The van der Waals surface area contributed by atoms with E-state index in [1.54, 1.807) is 6.07 Å². The number of carbonyl (C=O) groups is 1. The van der Waals surface area contributed by atoms with E-state index in [2.05, 4.69) is 4.98 Å². The van der Waals surface area contributed by atoms with Crippen LogP contribution in [0, 0.1) is 0 Å². The first kappa shape index (κ1) is 14.9. The maximum atomic E-state index is 12.6. The van der Waals surface area contributed by atoms with E-state index in [4.69, 9.17) is 5.11 Å². The molecular formula is C13H18N2O4S. The van der Waals surface area contributed by atoms with Gasteiger partial charge in [0.25, 0.3) is 0 Å². The number of carboxylic acids is 1. The molecule has 1 aliphatic rings. The summed E-state index contributed by atoms with van der Waals surface area (Å²) in [7, 11) is -3.58. The van der Waals surface area contributed by atoms with E-state index in [0.717, 1.165) is 12.8 Å². The van der Waals surface area contributed by atoms with Crippen molar-refractivity contribution in [1.82, 2.24) is 9.29 Å². The highest BCUT2D eigenvalue weighted by atomic mass is 32.2. The monoisotopic (exact) mass is 298 g/mol. The molecule has 2 rings (SSSR count). The Morgan fingerprint density at radius 2 is 2.25 bits per heavy atom. The van der Waals surface area contributed by atoms with Gasteiger partial charge in [0.15, 0.2) is 0 Å². The second-order valence-corrected chi connectivity index (χ2v) is 6.78. The Hall–Kier alpha value is -1.47. The van der Waals surface area contributed by atoms with Crippen LogP contribution in [0.1, 0.15) is 32.1 Å². The first-order chi connectivity index (χ1) is 9.51. The van der Waals surface area contributed by atoms with E-state index in [1.807, 2.05) is 0 Å². The van der Waals surface area contributed by atoms with Gasteiger partial charge >= 0.3 is 5.97 Å². The van der Waals surface area contributed by atoms with Crippen LogP contribution in [-0.4, -0.2) is 41.4 Å². The van der Waals surface area contributed by atoms with Gasteiger partial charge in [0, 0.05) is 31.4 Å². The van der Waals surface area contributed by atoms with Crippen molar-refractivity contribution in [1.29, 1.82) is 0 Å². The topological polar surface area (TPSA) is 87.6 Å². The van der Waals surface area contributed by atoms with E-state index in [0.29, 0.717) is 19.4 Å². The zero-order valence-corrected chi connectivity index (χ0v) is 11.9. The summed E-state index contributed by atoms with van der Waals surface area (Å²) in [6.45, 7) is 0.446. The second kappa shape index (κ2) is 6.32. The van der Waals surface area contributed by atoms with Gasteiger partial charge in [0.1, 0.15) is 4.90 Å². The van der Waals surface area contributed by atoms with Crippen LogP contribution in [0.4, 0.5) is 0 Å². The molecule has 0 amide bonds. The molecule has 1 aromatic heterocycles. The van der Waals surface area contributed by atoms with Crippen LogP contribution in [0.2, 0.25) is 0 Å². The van der Waals surface area contributed by atoms with E-state index in [1.165, 1.54) is 22.8 Å². The molecule has 1 aromatic rings. The summed E-state index contributed by atoms with van der Waals surface area (Å²) in [6.07, 6.45) is 5.66. The predicted molar refractivity (Wildman–Crippen MR) is 72.6 cm³/mol. The minimum absolute atomic E-state index is 0.0102. The Labute approximate surface area is 118 Å². The largest absolute Gasteiger partial charge is 0.481 e. The normalized spacial score (nSPS) is 20.7. The molecule has 0 radical (unpaired) electrons. The maximum Gasteiger partial charge on any atom is 0.303 e. The Kier molecular flexibility index (Phi) is 4.72. The van der Waals surface area contributed by atoms with Gasteiger partial charge in [-0.05, 0) is 31.4 Å². The molecule has 7 heteroatoms. The van der Waals surface area contributed by atoms with Gasteiger partial charge in [-0.3, -0.25) is 9.78 Å². The van der Waals surface area contributed by atoms with Crippen LogP contribution >= 0.6 is 0 Å². The molecule has 20 heavy (non-hydrogen) atoms. The summed E-state index contributed by atoms with van der Waals surface area (Å²) in [5, 5.41) is 8.77. The molecule has 0 aromatic carbocycles. The van der Waals surface area contributed by atoms with Crippen molar-refractivity contribution in [3.8, 4) is 0 Å². The van der Waals surface area contributed by atoms with Crippen LogP contribution in [0.15, 0.2) is 29.4 Å². The number of hydrogen-bond donors (Lipinski definition) is 1. The minimum atomic E-state index is -3.58. The quantitative estimate of drug-likeness (QED) is 0.889. The zero-order valence-electron chi connectivity index (χ0n) is 11.1. The number of aliphatic carboxylic acids is 1. The number of carboxylic acid groups (broad SMARTS) is 1. The molecule has 1 atom stereocenters. The van der Waals surface area contributed by atoms with Gasteiger partial charge in [-0.1, -0.05) is 6.42 Å². The molecule has 1 N–H and O–H groups in total. The van der Waals surface area contributed by atoms with Gasteiger partial charge in [0.2, 0.25) is 10.0 Å². The lowest BCUT2D eigenvalue weighted by Crippen LogP contribution is -2.43. The van der Waals surface area contributed by atoms with Gasteiger partial charge in [-0.2, -0.15) is 4.31 Å². The number of nitrogens with zero attached hydrogens (tertiary/aromatic N) is 2. The Bertz CT molecular complexity index is 559. The van der Waals surface area contributed by atoms with Crippen molar-refractivity contribution < 1.29 is 18.3 Å². The molecule has 1 saturated heterocycles. The molecule has 0 bridgehead atoms. The third kappa shape index (κ3) is 3.34. The molecular weight excluding hydrogens is 280 g/mol. The van der Waals surface area contributed by atoms with Gasteiger partial charge in [-0.25, -0.2) is 8.42 Å². The average Bonchev–Trinajstić information content (AvgIpc) is 2.46. The minimum Gasteiger partial charge on any atom is -0.481 e. The number of rotatable bonds is 5. The van der Waals surface area contributed by atoms with E-state index in [-0.39, 0.29) is 17.4 Å². The highest BCUT2D eigenvalue weighted by molar-refractivity contribution is 7.89. The summed E-state index contributed by atoms with van der Waals surface area (Å²) in [6, 6.07) is 2.87. The predicted octanol–water partition coefficient (Wildman–Crippen LogP) is 1.49. The fourth-order valence-electron chi connectivity index (χ4n) is 2.50.